The average molecular weight is 288 g/mol. The monoisotopic (exact) mass is 287 g/mol. The zero-order valence-corrected chi connectivity index (χ0v) is 11.1. The van der Waals surface area contributed by atoms with Crippen LogP contribution in [-0.2, 0) is 4.79 Å². The summed E-state index contributed by atoms with van der Waals surface area (Å²) in [5.41, 5.74) is 3.65. The molecule has 0 aliphatic rings. The van der Waals surface area contributed by atoms with E-state index in [1.807, 2.05) is 30.3 Å². The topological polar surface area (TPSA) is 78.4 Å². The molecule has 0 aliphatic heterocycles. The van der Waals surface area contributed by atoms with E-state index in [2.05, 4.69) is 10.5 Å². The van der Waals surface area contributed by atoms with Gasteiger partial charge in [-0.3, -0.25) is 4.79 Å². The molecule has 2 aromatic rings. The molecule has 1 aromatic heterocycles. The Balaban J connectivity index is 2.11. The molecule has 6 heteroatoms. The van der Waals surface area contributed by atoms with Crippen molar-refractivity contribution in [3.63, 3.8) is 0 Å². The third-order valence-corrected chi connectivity index (χ3v) is 2.70. The molecule has 1 amide bonds. The highest BCUT2D eigenvalue weighted by Gasteiger charge is 2.09. The van der Waals surface area contributed by atoms with Crippen molar-refractivity contribution in [3.8, 4) is 17.4 Å². The minimum atomic E-state index is -0.480. The van der Waals surface area contributed by atoms with Crippen molar-refractivity contribution >= 4 is 23.7 Å². The van der Waals surface area contributed by atoms with Crippen LogP contribution in [-0.4, -0.2) is 12.1 Å². The van der Waals surface area contributed by atoms with Crippen molar-refractivity contribution < 1.29 is 9.21 Å². The molecule has 0 radical (unpaired) electrons. The highest BCUT2D eigenvalue weighted by Crippen LogP contribution is 2.27. The van der Waals surface area contributed by atoms with Crippen LogP contribution in [0.2, 0.25) is 5.22 Å². The van der Waals surface area contributed by atoms with Gasteiger partial charge in [-0.05, 0) is 17.7 Å². The number of halogens is 1. The zero-order valence-electron chi connectivity index (χ0n) is 10.3. The number of carbonyl (C=O) groups excluding carboxylic acids is 1. The highest BCUT2D eigenvalue weighted by molar-refractivity contribution is 6.31. The average Bonchev–Trinajstić information content (AvgIpc) is 2.82. The van der Waals surface area contributed by atoms with E-state index in [0.717, 1.165) is 5.56 Å². The third kappa shape index (κ3) is 3.46. The molecule has 5 nitrogen and oxygen atoms in total. The Hall–Kier alpha value is -2.58. The predicted octanol–water partition coefficient (Wildman–Crippen LogP) is 2.96. The molecule has 100 valence electrons. The Morgan fingerprint density at radius 3 is 2.90 bits per heavy atom. The molecular formula is C14H10ClN3O2. The zero-order chi connectivity index (χ0) is 14.4. The first-order chi connectivity index (χ1) is 9.70. The number of hydrogen-bond acceptors (Lipinski definition) is 4. The molecule has 1 heterocycles. The van der Waals surface area contributed by atoms with Gasteiger partial charge < -0.3 is 4.42 Å². The highest BCUT2D eigenvalue weighted by atomic mass is 35.5. The standard InChI is InChI=1S/C14H10ClN3O2/c15-14-11(9-17-18-13(19)6-7-16)8-12(20-14)10-4-2-1-3-5-10/h1-5,8-9H,6H2,(H,18,19)/b17-9-. The van der Waals surface area contributed by atoms with Gasteiger partial charge in [-0.2, -0.15) is 10.4 Å². The molecule has 0 bridgehead atoms. The van der Waals surface area contributed by atoms with E-state index in [4.69, 9.17) is 21.3 Å². The SMILES string of the molecule is N#CCC(=O)N/N=C\c1cc(-c2ccccc2)oc1Cl. The maximum absolute atomic E-state index is 11.0. The van der Waals surface area contributed by atoms with Crippen molar-refractivity contribution in [2.24, 2.45) is 5.10 Å². The largest absolute Gasteiger partial charge is 0.444 e. The number of carbonyl (C=O) groups is 1. The lowest BCUT2D eigenvalue weighted by Crippen LogP contribution is -2.16. The van der Waals surface area contributed by atoms with Crippen molar-refractivity contribution in [1.82, 2.24) is 5.43 Å². The van der Waals surface area contributed by atoms with E-state index in [-0.39, 0.29) is 11.6 Å². The van der Waals surface area contributed by atoms with E-state index >= 15 is 0 Å². The van der Waals surface area contributed by atoms with E-state index in [0.29, 0.717) is 11.3 Å². The number of amides is 1. The smallest absolute Gasteiger partial charge is 0.254 e. The van der Waals surface area contributed by atoms with Crippen LogP contribution in [0.1, 0.15) is 12.0 Å². The van der Waals surface area contributed by atoms with Gasteiger partial charge in [-0.15, -0.1) is 0 Å². The Morgan fingerprint density at radius 1 is 1.45 bits per heavy atom. The second kappa shape index (κ2) is 6.55. The summed E-state index contributed by atoms with van der Waals surface area (Å²) in [4.78, 5) is 11.0. The van der Waals surface area contributed by atoms with Gasteiger partial charge in [0.2, 0.25) is 5.22 Å². The number of rotatable bonds is 4. The first kappa shape index (κ1) is 13.8. The quantitative estimate of drug-likeness (QED) is 0.693. The maximum atomic E-state index is 11.0. The first-order valence-corrected chi connectivity index (χ1v) is 6.12. The summed E-state index contributed by atoms with van der Waals surface area (Å²) in [6, 6.07) is 12.9. The molecule has 0 spiro atoms. The summed E-state index contributed by atoms with van der Waals surface area (Å²) < 4.78 is 5.41. The number of nitrogens with one attached hydrogen (secondary N) is 1. The van der Waals surface area contributed by atoms with Crippen molar-refractivity contribution in [2.75, 3.05) is 0 Å². The number of nitrogens with zero attached hydrogens (tertiary/aromatic N) is 2. The molecule has 20 heavy (non-hydrogen) atoms. The Labute approximate surface area is 120 Å². The molecule has 0 saturated carbocycles. The molecule has 0 atom stereocenters. The summed E-state index contributed by atoms with van der Waals surface area (Å²) in [7, 11) is 0. The second-order valence-corrected chi connectivity index (χ2v) is 4.18. The number of hydrazone groups is 1. The van der Waals surface area contributed by atoms with E-state index in [1.54, 1.807) is 12.1 Å². The van der Waals surface area contributed by atoms with Gasteiger partial charge in [-0.1, -0.05) is 30.3 Å². The summed E-state index contributed by atoms with van der Waals surface area (Å²) in [6.45, 7) is 0. The summed E-state index contributed by atoms with van der Waals surface area (Å²) in [5.74, 6) is 0.132. The van der Waals surface area contributed by atoms with Crippen LogP contribution in [0, 0.1) is 11.3 Å². The minimum Gasteiger partial charge on any atom is -0.444 e. The Morgan fingerprint density at radius 2 is 2.20 bits per heavy atom. The maximum Gasteiger partial charge on any atom is 0.254 e. The van der Waals surface area contributed by atoms with Gasteiger partial charge in [0.05, 0.1) is 17.8 Å². The summed E-state index contributed by atoms with van der Waals surface area (Å²) in [6.07, 6.45) is 1.12. The Kier molecular flexibility index (Phi) is 4.53. The Bertz CT molecular complexity index is 671. The fraction of sp³-hybridized carbons (Fsp3) is 0.0714. The molecule has 0 aliphatic carbocycles. The number of benzene rings is 1. The van der Waals surface area contributed by atoms with Crippen LogP contribution in [0.25, 0.3) is 11.3 Å². The summed E-state index contributed by atoms with van der Waals surface area (Å²) >= 11 is 5.95. The van der Waals surface area contributed by atoms with E-state index in [9.17, 15) is 4.79 Å². The van der Waals surface area contributed by atoms with Gasteiger partial charge in [0.15, 0.2) is 0 Å². The van der Waals surface area contributed by atoms with Gasteiger partial charge in [0, 0.05) is 5.56 Å². The normalized spacial score (nSPS) is 10.4. The van der Waals surface area contributed by atoms with Crippen LogP contribution in [0.4, 0.5) is 0 Å². The number of furan rings is 1. The predicted molar refractivity (Wildman–Crippen MR) is 75.1 cm³/mol. The van der Waals surface area contributed by atoms with Crippen molar-refractivity contribution in [3.05, 3.63) is 47.2 Å². The first-order valence-electron chi connectivity index (χ1n) is 5.74. The van der Waals surface area contributed by atoms with Crippen molar-refractivity contribution in [1.29, 1.82) is 5.26 Å². The molecule has 1 aromatic carbocycles. The van der Waals surface area contributed by atoms with Gasteiger partial charge in [-0.25, -0.2) is 5.43 Å². The van der Waals surface area contributed by atoms with Crippen LogP contribution < -0.4 is 5.43 Å². The van der Waals surface area contributed by atoms with Crippen LogP contribution in [0.15, 0.2) is 45.9 Å². The lowest BCUT2D eigenvalue weighted by Gasteiger charge is -1.93. The van der Waals surface area contributed by atoms with E-state index < -0.39 is 5.91 Å². The van der Waals surface area contributed by atoms with Crippen LogP contribution in [0.3, 0.4) is 0 Å². The van der Waals surface area contributed by atoms with Gasteiger partial charge >= 0.3 is 0 Å². The molecule has 2 rings (SSSR count). The molecular weight excluding hydrogens is 278 g/mol. The lowest BCUT2D eigenvalue weighted by molar-refractivity contribution is -0.120. The second-order valence-electron chi connectivity index (χ2n) is 3.83. The fourth-order valence-electron chi connectivity index (χ4n) is 1.50. The van der Waals surface area contributed by atoms with Crippen molar-refractivity contribution in [2.45, 2.75) is 6.42 Å². The summed E-state index contributed by atoms with van der Waals surface area (Å²) in [5, 5.41) is 12.2. The number of nitriles is 1. The van der Waals surface area contributed by atoms with E-state index in [1.165, 1.54) is 6.21 Å². The number of hydrogen-bond donors (Lipinski definition) is 1. The fourth-order valence-corrected chi connectivity index (χ4v) is 1.69. The molecule has 0 unspecified atom stereocenters. The molecule has 1 N–H and O–H groups in total. The third-order valence-electron chi connectivity index (χ3n) is 2.40. The lowest BCUT2D eigenvalue weighted by atomic mass is 10.1. The molecule has 0 fully saturated rings. The molecule has 0 saturated heterocycles. The van der Waals surface area contributed by atoms with Gasteiger partial charge in [0.25, 0.3) is 5.91 Å². The van der Waals surface area contributed by atoms with Crippen LogP contribution >= 0.6 is 11.6 Å². The van der Waals surface area contributed by atoms with Crippen LogP contribution in [0.5, 0.6) is 0 Å². The minimum absolute atomic E-state index is 0.183. The van der Waals surface area contributed by atoms with Gasteiger partial charge in [0.1, 0.15) is 12.2 Å².